The third-order valence-corrected chi connectivity index (χ3v) is 4.04. The average molecular weight is 246 g/mol. The Morgan fingerprint density at radius 1 is 1.22 bits per heavy atom. The molecule has 0 aromatic heterocycles. The van der Waals surface area contributed by atoms with E-state index in [2.05, 4.69) is 48.5 Å². The highest BCUT2D eigenvalue weighted by molar-refractivity contribution is 5.25. The van der Waals surface area contributed by atoms with Gasteiger partial charge in [-0.05, 0) is 70.4 Å². The van der Waals surface area contributed by atoms with E-state index in [0.29, 0.717) is 0 Å². The van der Waals surface area contributed by atoms with Crippen molar-refractivity contribution in [3.8, 4) is 0 Å². The van der Waals surface area contributed by atoms with Gasteiger partial charge in [-0.2, -0.15) is 0 Å². The highest BCUT2D eigenvalue weighted by Crippen LogP contribution is 2.11. The third-order valence-electron chi connectivity index (χ3n) is 4.04. The maximum atomic E-state index is 3.73. The summed E-state index contributed by atoms with van der Waals surface area (Å²) in [5.74, 6) is 0. The Kier molecular flexibility index (Phi) is 5.21. The van der Waals surface area contributed by atoms with Gasteiger partial charge < -0.3 is 10.2 Å². The Morgan fingerprint density at radius 3 is 2.89 bits per heavy atom. The van der Waals surface area contributed by atoms with E-state index in [1.807, 2.05) is 0 Å². The van der Waals surface area contributed by atoms with E-state index >= 15 is 0 Å². The molecule has 0 bridgehead atoms. The molecule has 1 N–H and O–H groups in total. The van der Waals surface area contributed by atoms with Gasteiger partial charge in [-0.3, -0.25) is 0 Å². The molecule has 1 aromatic carbocycles. The number of likely N-dealkylation sites (tertiary alicyclic amines) is 1. The van der Waals surface area contributed by atoms with E-state index in [0.717, 1.165) is 19.0 Å². The summed E-state index contributed by atoms with van der Waals surface area (Å²) in [5, 5.41) is 3.73. The van der Waals surface area contributed by atoms with Crippen molar-refractivity contribution < 1.29 is 0 Å². The first-order valence-corrected chi connectivity index (χ1v) is 7.22. The normalized spacial score (nSPS) is 21.8. The first kappa shape index (κ1) is 13.6. The maximum Gasteiger partial charge on any atom is 0.00798 e. The van der Waals surface area contributed by atoms with Crippen LogP contribution in [0.1, 0.15) is 30.4 Å². The summed E-state index contributed by atoms with van der Waals surface area (Å²) in [6, 6.07) is 9.43. The van der Waals surface area contributed by atoms with E-state index in [1.165, 1.54) is 43.5 Å². The Bertz CT molecular complexity index is 362. The van der Waals surface area contributed by atoms with Gasteiger partial charge in [-0.1, -0.05) is 24.3 Å². The Morgan fingerprint density at radius 2 is 2.06 bits per heavy atom. The van der Waals surface area contributed by atoms with Crippen molar-refractivity contribution in [2.45, 2.75) is 38.6 Å². The molecule has 2 heteroatoms. The molecule has 1 aliphatic heterocycles. The summed E-state index contributed by atoms with van der Waals surface area (Å²) in [7, 11) is 2.23. The van der Waals surface area contributed by atoms with Gasteiger partial charge in [-0.25, -0.2) is 0 Å². The summed E-state index contributed by atoms with van der Waals surface area (Å²) in [6.45, 7) is 5.81. The number of nitrogens with one attached hydrogen (secondary N) is 1. The van der Waals surface area contributed by atoms with Crippen molar-refractivity contribution in [1.82, 2.24) is 10.2 Å². The molecule has 0 saturated carbocycles. The second-order valence-corrected chi connectivity index (χ2v) is 5.56. The monoisotopic (exact) mass is 246 g/mol. The zero-order valence-electron chi connectivity index (χ0n) is 11.8. The van der Waals surface area contributed by atoms with Crippen LogP contribution in [0.15, 0.2) is 24.3 Å². The largest absolute Gasteiger partial charge is 0.314 e. The van der Waals surface area contributed by atoms with Gasteiger partial charge in [0.25, 0.3) is 0 Å². The molecular formula is C16H26N2. The van der Waals surface area contributed by atoms with Crippen molar-refractivity contribution in [2.24, 2.45) is 0 Å². The van der Waals surface area contributed by atoms with Crippen LogP contribution >= 0.6 is 0 Å². The van der Waals surface area contributed by atoms with Crippen LogP contribution in [0.2, 0.25) is 0 Å². The Balaban J connectivity index is 1.73. The molecule has 0 aliphatic carbocycles. The molecule has 1 saturated heterocycles. The van der Waals surface area contributed by atoms with E-state index in [-0.39, 0.29) is 0 Å². The van der Waals surface area contributed by atoms with E-state index in [9.17, 15) is 0 Å². The van der Waals surface area contributed by atoms with E-state index in [1.54, 1.807) is 0 Å². The van der Waals surface area contributed by atoms with Crippen LogP contribution in [0.25, 0.3) is 0 Å². The van der Waals surface area contributed by atoms with Gasteiger partial charge in [0.15, 0.2) is 0 Å². The first-order valence-electron chi connectivity index (χ1n) is 7.22. The van der Waals surface area contributed by atoms with Gasteiger partial charge >= 0.3 is 0 Å². The molecule has 1 atom stereocenters. The molecule has 0 radical (unpaired) electrons. The molecule has 1 aliphatic rings. The van der Waals surface area contributed by atoms with Crippen LogP contribution in [0.4, 0.5) is 0 Å². The van der Waals surface area contributed by atoms with Gasteiger partial charge in [0.1, 0.15) is 0 Å². The van der Waals surface area contributed by atoms with Gasteiger partial charge in [0.05, 0.1) is 0 Å². The third kappa shape index (κ3) is 4.11. The van der Waals surface area contributed by atoms with Gasteiger partial charge in [0, 0.05) is 6.04 Å². The number of nitrogens with zero attached hydrogens (tertiary/aromatic N) is 1. The summed E-state index contributed by atoms with van der Waals surface area (Å²) < 4.78 is 0. The van der Waals surface area contributed by atoms with Crippen molar-refractivity contribution in [3.05, 3.63) is 35.4 Å². The predicted octanol–water partition coefficient (Wildman–Crippen LogP) is 2.61. The zero-order valence-corrected chi connectivity index (χ0v) is 11.8. The molecule has 1 unspecified atom stereocenters. The van der Waals surface area contributed by atoms with E-state index in [4.69, 9.17) is 0 Å². The summed E-state index contributed by atoms with van der Waals surface area (Å²) in [5.41, 5.74) is 2.90. The molecule has 18 heavy (non-hydrogen) atoms. The second kappa shape index (κ2) is 6.91. The molecule has 2 nitrogen and oxygen atoms in total. The molecule has 1 fully saturated rings. The summed E-state index contributed by atoms with van der Waals surface area (Å²) in [6.07, 6.45) is 5.11. The lowest BCUT2D eigenvalue weighted by molar-refractivity contribution is 0.344. The fourth-order valence-corrected chi connectivity index (χ4v) is 2.75. The lowest BCUT2D eigenvalue weighted by Crippen LogP contribution is -2.31. The number of hydrogen-bond acceptors (Lipinski definition) is 2. The highest BCUT2D eigenvalue weighted by Gasteiger charge is 2.13. The fourth-order valence-electron chi connectivity index (χ4n) is 2.75. The van der Waals surface area contributed by atoms with Crippen LogP contribution in [-0.2, 0) is 6.42 Å². The smallest absolute Gasteiger partial charge is 0.00798 e. The minimum atomic E-state index is 0.721. The van der Waals surface area contributed by atoms with Gasteiger partial charge in [0.2, 0.25) is 0 Å². The van der Waals surface area contributed by atoms with Crippen molar-refractivity contribution in [2.75, 3.05) is 26.7 Å². The standard InChI is InChI=1S/C16H26N2/c1-14-6-3-4-7-15(14)9-11-17-16-8-5-12-18(2)13-10-16/h3-4,6-7,16-17H,5,8-13H2,1-2H3. The molecule has 0 amide bonds. The topological polar surface area (TPSA) is 15.3 Å². The number of aryl methyl sites for hydroxylation is 1. The quantitative estimate of drug-likeness (QED) is 0.878. The van der Waals surface area contributed by atoms with Crippen LogP contribution < -0.4 is 5.32 Å². The minimum absolute atomic E-state index is 0.721. The summed E-state index contributed by atoms with van der Waals surface area (Å²) in [4.78, 5) is 2.45. The fraction of sp³-hybridized carbons (Fsp3) is 0.625. The number of benzene rings is 1. The Labute approximate surface area is 111 Å². The molecule has 1 aromatic rings. The van der Waals surface area contributed by atoms with Crippen LogP contribution in [0, 0.1) is 6.92 Å². The molecule has 2 rings (SSSR count). The van der Waals surface area contributed by atoms with Crippen molar-refractivity contribution >= 4 is 0 Å². The van der Waals surface area contributed by atoms with Crippen molar-refractivity contribution in [3.63, 3.8) is 0 Å². The molecule has 1 heterocycles. The first-order chi connectivity index (χ1) is 8.75. The maximum absolute atomic E-state index is 3.73. The zero-order chi connectivity index (χ0) is 12.8. The number of rotatable bonds is 4. The average Bonchev–Trinajstić information content (AvgIpc) is 2.57. The SMILES string of the molecule is Cc1ccccc1CCNC1CCCN(C)CC1. The van der Waals surface area contributed by atoms with Crippen LogP contribution in [-0.4, -0.2) is 37.6 Å². The lowest BCUT2D eigenvalue weighted by Gasteiger charge is -2.17. The summed E-state index contributed by atoms with van der Waals surface area (Å²) >= 11 is 0. The lowest BCUT2D eigenvalue weighted by atomic mass is 10.1. The Hall–Kier alpha value is -0.860. The predicted molar refractivity (Wildman–Crippen MR) is 78.0 cm³/mol. The van der Waals surface area contributed by atoms with Crippen molar-refractivity contribution in [1.29, 1.82) is 0 Å². The highest BCUT2D eigenvalue weighted by atomic mass is 15.1. The minimum Gasteiger partial charge on any atom is -0.314 e. The van der Waals surface area contributed by atoms with E-state index < -0.39 is 0 Å². The van der Waals surface area contributed by atoms with Gasteiger partial charge in [-0.15, -0.1) is 0 Å². The van der Waals surface area contributed by atoms with Crippen LogP contribution in [0.3, 0.4) is 0 Å². The molecular weight excluding hydrogens is 220 g/mol. The van der Waals surface area contributed by atoms with Crippen LogP contribution in [0.5, 0.6) is 0 Å². The number of hydrogen-bond donors (Lipinski definition) is 1. The second-order valence-electron chi connectivity index (χ2n) is 5.56. The molecule has 100 valence electrons. The molecule has 0 spiro atoms.